The van der Waals surface area contributed by atoms with Crippen LogP contribution in [-0.2, 0) is 22.6 Å². The first-order chi connectivity index (χ1) is 22.3. The van der Waals surface area contributed by atoms with Gasteiger partial charge in [0, 0.05) is 63.5 Å². The predicted molar refractivity (Wildman–Crippen MR) is 172 cm³/mol. The lowest BCUT2D eigenvalue weighted by Crippen LogP contribution is -2.48. The molecule has 0 spiro atoms. The number of nitrogens with zero attached hydrogens (tertiary/aromatic N) is 3. The van der Waals surface area contributed by atoms with Gasteiger partial charge in [-0.15, -0.1) is 11.3 Å². The van der Waals surface area contributed by atoms with Gasteiger partial charge in [0.1, 0.15) is 11.5 Å². The number of rotatable bonds is 13. The van der Waals surface area contributed by atoms with Crippen molar-refractivity contribution >= 4 is 39.3 Å². The van der Waals surface area contributed by atoms with E-state index < -0.39 is 11.8 Å². The number of piperidine rings is 1. The number of urea groups is 1. The Morgan fingerprint density at radius 3 is 2.52 bits per heavy atom. The summed E-state index contributed by atoms with van der Waals surface area (Å²) >= 11 is 1.48. The Hall–Kier alpha value is -4.42. The van der Waals surface area contributed by atoms with Crippen molar-refractivity contribution in [2.75, 3.05) is 19.6 Å². The van der Waals surface area contributed by atoms with Crippen molar-refractivity contribution in [3.63, 3.8) is 0 Å². The fourth-order valence-electron chi connectivity index (χ4n) is 5.60. The van der Waals surface area contributed by atoms with E-state index in [1.54, 1.807) is 24.4 Å². The minimum absolute atomic E-state index is 0.0557. The van der Waals surface area contributed by atoms with Gasteiger partial charge in [0.15, 0.2) is 11.6 Å². The van der Waals surface area contributed by atoms with Gasteiger partial charge in [-0.2, -0.15) is 0 Å². The summed E-state index contributed by atoms with van der Waals surface area (Å²) in [5.41, 5.74) is 3.28. The average molecular weight is 646 g/mol. The molecule has 1 aromatic carbocycles. The Bertz CT molecular complexity index is 1720. The number of nitrogens with one attached hydrogen (secondary N) is 2. The summed E-state index contributed by atoms with van der Waals surface area (Å²) in [6.45, 7) is 2.51. The second kappa shape index (κ2) is 14.3. The Balaban J connectivity index is 1.03. The fraction of sp³-hybridized carbons (Fsp3) is 0.382. The number of pyridine rings is 2. The smallest absolute Gasteiger partial charge is 0.315 e. The van der Waals surface area contributed by atoms with Crippen LogP contribution in [0.2, 0.25) is 0 Å². The van der Waals surface area contributed by atoms with Crippen molar-refractivity contribution < 1.29 is 28.6 Å². The highest BCUT2D eigenvalue weighted by molar-refractivity contribution is 7.22. The van der Waals surface area contributed by atoms with Crippen LogP contribution < -0.4 is 15.4 Å². The molecule has 1 aliphatic heterocycles. The number of carbonyl (C=O) groups excluding carboxylic acids is 2. The Labute approximate surface area is 270 Å². The molecule has 10 nitrogen and oxygen atoms in total. The number of hydrogen-bond donors (Lipinski definition) is 3. The van der Waals surface area contributed by atoms with E-state index in [-0.39, 0.29) is 43.0 Å². The molecule has 1 saturated carbocycles. The van der Waals surface area contributed by atoms with Crippen molar-refractivity contribution in [1.29, 1.82) is 0 Å². The lowest BCUT2D eigenvalue weighted by atomic mass is 10.0. The number of thiophene rings is 1. The number of ketones is 1. The number of likely N-dealkylation sites (tertiary alicyclic amines) is 1. The maximum absolute atomic E-state index is 15.0. The number of aromatic nitrogens is 2. The molecular formula is C34H36FN5O5S. The summed E-state index contributed by atoms with van der Waals surface area (Å²) in [5, 5.41) is 14.2. The van der Waals surface area contributed by atoms with Gasteiger partial charge in [-0.3, -0.25) is 24.5 Å². The van der Waals surface area contributed by atoms with E-state index in [0.29, 0.717) is 23.7 Å². The van der Waals surface area contributed by atoms with E-state index in [0.717, 1.165) is 71.7 Å². The first kappa shape index (κ1) is 31.6. The monoisotopic (exact) mass is 645 g/mol. The minimum Gasteiger partial charge on any atom is -0.481 e. The molecule has 2 amide bonds. The fourth-order valence-corrected chi connectivity index (χ4v) is 6.64. The third-order valence-electron chi connectivity index (χ3n) is 8.24. The van der Waals surface area contributed by atoms with Crippen LogP contribution in [0.25, 0.3) is 20.8 Å². The van der Waals surface area contributed by atoms with Gasteiger partial charge in [-0.1, -0.05) is 12.1 Å². The van der Waals surface area contributed by atoms with Crippen LogP contribution in [-0.4, -0.2) is 63.4 Å². The summed E-state index contributed by atoms with van der Waals surface area (Å²) in [4.78, 5) is 47.2. The number of aliphatic carboxylic acids is 1. The lowest BCUT2D eigenvalue weighted by molar-refractivity contribution is -0.136. The lowest BCUT2D eigenvalue weighted by Gasteiger charge is -2.32. The van der Waals surface area contributed by atoms with Gasteiger partial charge in [0.2, 0.25) is 0 Å². The molecule has 3 N–H and O–H groups in total. The second-order valence-electron chi connectivity index (χ2n) is 12.0. The quantitative estimate of drug-likeness (QED) is 0.163. The van der Waals surface area contributed by atoms with Gasteiger partial charge in [-0.25, -0.2) is 9.18 Å². The standard InChI is InChI=1S/C34H36FN5O5S/c35-26-17-22(16-25(41)15-21-1-2-21)4-6-29(26)45-30-7-11-36-28-18-31(46-33(28)30)27-5-3-23(19-38-27)20-40-13-9-24(10-14-40)39-34(44)37-12-8-32(42)43/h3-7,11,17-19,21,24H,1-2,8-10,12-16,20H2,(H,42,43)(H2,37,39,44). The molecule has 2 fully saturated rings. The zero-order chi connectivity index (χ0) is 32.0. The van der Waals surface area contributed by atoms with Crippen molar-refractivity contribution in [2.24, 2.45) is 5.92 Å². The number of carbonyl (C=O) groups is 3. The Morgan fingerprint density at radius 1 is 1.00 bits per heavy atom. The Kier molecular flexibility index (Phi) is 9.84. The van der Waals surface area contributed by atoms with Crippen LogP contribution in [0.1, 0.15) is 49.7 Å². The molecule has 0 radical (unpaired) electrons. The number of halogens is 1. The summed E-state index contributed by atoms with van der Waals surface area (Å²) < 4.78 is 21.8. The molecule has 2 aliphatic rings. The highest BCUT2D eigenvalue weighted by Gasteiger charge is 2.24. The number of carboxylic acid groups (broad SMARTS) is 1. The molecule has 4 heterocycles. The minimum atomic E-state index is -0.943. The number of Topliss-reactive ketones (excluding diaryl/α,β-unsaturated/α-hetero) is 1. The molecule has 240 valence electrons. The van der Waals surface area contributed by atoms with E-state index in [1.807, 2.05) is 18.3 Å². The number of benzene rings is 1. The maximum atomic E-state index is 15.0. The molecule has 12 heteroatoms. The third kappa shape index (κ3) is 8.43. The van der Waals surface area contributed by atoms with Crippen LogP contribution in [0, 0.1) is 11.7 Å². The van der Waals surface area contributed by atoms with Crippen molar-refractivity contribution in [3.8, 4) is 22.1 Å². The normalized spacial score (nSPS) is 15.5. The summed E-state index contributed by atoms with van der Waals surface area (Å²) in [7, 11) is 0. The summed E-state index contributed by atoms with van der Waals surface area (Å²) in [6, 6.07) is 12.2. The molecule has 0 unspecified atom stereocenters. The topological polar surface area (TPSA) is 134 Å². The number of amides is 2. The van der Waals surface area contributed by atoms with Crippen LogP contribution in [0.3, 0.4) is 0 Å². The van der Waals surface area contributed by atoms with Crippen LogP contribution >= 0.6 is 11.3 Å². The summed E-state index contributed by atoms with van der Waals surface area (Å²) in [6.07, 6.45) is 8.07. The van der Waals surface area contributed by atoms with Gasteiger partial charge >= 0.3 is 12.0 Å². The van der Waals surface area contributed by atoms with Crippen LogP contribution in [0.5, 0.6) is 11.5 Å². The zero-order valence-electron chi connectivity index (χ0n) is 25.3. The molecule has 1 saturated heterocycles. The molecule has 1 aliphatic carbocycles. The van der Waals surface area contributed by atoms with E-state index >= 15 is 0 Å². The van der Waals surface area contributed by atoms with Gasteiger partial charge in [-0.05, 0) is 67.0 Å². The molecule has 4 aromatic rings. The molecule has 6 rings (SSSR count). The molecular weight excluding hydrogens is 609 g/mol. The number of fused-ring (bicyclic) bond motifs is 1. The van der Waals surface area contributed by atoms with E-state index in [4.69, 9.17) is 14.8 Å². The maximum Gasteiger partial charge on any atom is 0.315 e. The largest absolute Gasteiger partial charge is 0.481 e. The van der Waals surface area contributed by atoms with E-state index in [9.17, 15) is 18.8 Å². The molecule has 0 atom stereocenters. The van der Waals surface area contributed by atoms with Gasteiger partial charge in [0.25, 0.3) is 0 Å². The third-order valence-corrected chi connectivity index (χ3v) is 9.40. The predicted octanol–water partition coefficient (Wildman–Crippen LogP) is 5.94. The van der Waals surface area contributed by atoms with Crippen molar-refractivity contribution in [1.82, 2.24) is 25.5 Å². The van der Waals surface area contributed by atoms with E-state index in [1.165, 1.54) is 17.4 Å². The van der Waals surface area contributed by atoms with Crippen molar-refractivity contribution in [2.45, 2.75) is 57.5 Å². The zero-order valence-corrected chi connectivity index (χ0v) is 26.2. The molecule has 0 bridgehead atoms. The average Bonchev–Trinajstić information content (AvgIpc) is 3.73. The number of ether oxygens (including phenoxy) is 1. The van der Waals surface area contributed by atoms with Gasteiger partial charge in [0.05, 0.1) is 27.2 Å². The number of carboxylic acids is 1. The first-order valence-corrected chi connectivity index (χ1v) is 16.4. The van der Waals surface area contributed by atoms with Crippen LogP contribution in [0.15, 0.2) is 54.9 Å². The Morgan fingerprint density at radius 2 is 1.80 bits per heavy atom. The molecule has 46 heavy (non-hydrogen) atoms. The highest BCUT2D eigenvalue weighted by atomic mass is 32.1. The van der Waals surface area contributed by atoms with Gasteiger partial charge < -0.3 is 20.5 Å². The van der Waals surface area contributed by atoms with E-state index in [2.05, 4.69) is 26.6 Å². The van der Waals surface area contributed by atoms with Crippen molar-refractivity contribution in [3.05, 3.63) is 71.8 Å². The number of hydrogen-bond acceptors (Lipinski definition) is 8. The van der Waals surface area contributed by atoms with Crippen LogP contribution in [0.4, 0.5) is 9.18 Å². The SMILES string of the molecule is O=C(O)CCNC(=O)NC1CCN(Cc2ccc(-c3cc4nccc(Oc5ccc(CC(=O)CC6CC6)cc5F)c4s3)nc2)CC1. The second-order valence-corrected chi connectivity index (χ2v) is 13.1. The first-order valence-electron chi connectivity index (χ1n) is 15.6. The molecule has 3 aromatic heterocycles. The summed E-state index contributed by atoms with van der Waals surface area (Å²) in [5.74, 6) is -0.185. The highest BCUT2D eigenvalue weighted by Crippen LogP contribution is 2.39.